The van der Waals surface area contributed by atoms with Gasteiger partial charge in [-0.05, 0) is 76.1 Å². The maximum atomic E-state index is 5.04. The van der Waals surface area contributed by atoms with Crippen LogP contribution in [0.2, 0.25) is 13.1 Å². The van der Waals surface area contributed by atoms with Gasteiger partial charge in [0.05, 0.1) is 22.1 Å². The van der Waals surface area contributed by atoms with Gasteiger partial charge in [0.25, 0.3) is 0 Å². The highest BCUT2D eigenvalue weighted by molar-refractivity contribution is 7.04. The molecule has 0 fully saturated rings. The number of nitrogens with zero attached hydrogens (tertiary/aromatic N) is 3. The van der Waals surface area contributed by atoms with E-state index in [1.54, 1.807) is 5.19 Å². The minimum atomic E-state index is -1.81. The van der Waals surface area contributed by atoms with Crippen LogP contribution in [0.3, 0.4) is 0 Å². The highest BCUT2D eigenvalue weighted by atomic mass is 28.3. The molecule has 204 valence electrons. The lowest BCUT2D eigenvalue weighted by atomic mass is 10.0. The summed E-state index contributed by atoms with van der Waals surface area (Å²) < 4.78 is 4.73. The van der Waals surface area contributed by atoms with E-state index in [2.05, 4.69) is 162 Å². The Morgan fingerprint density at radius 3 is 1.95 bits per heavy atom. The quantitative estimate of drug-likeness (QED) is 0.196. The number of benzene rings is 6. The van der Waals surface area contributed by atoms with Gasteiger partial charge in [-0.3, -0.25) is 4.57 Å². The Labute approximate surface area is 251 Å². The van der Waals surface area contributed by atoms with Gasteiger partial charge in [0.15, 0.2) is 0 Å². The first-order valence-electron chi connectivity index (χ1n) is 14.9. The second-order valence-electron chi connectivity index (χ2n) is 12.1. The monoisotopic (exact) mass is 567 g/mol. The molecule has 3 nitrogen and oxygen atoms in total. The van der Waals surface area contributed by atoms with Crippen LogP contribution in [-0.2, 0) is 0 Å². The summed E-state index contributed by atoms with van der Waals surface area (Å²) in [6.45, 7) is 4.98. The zero-order valence-corrected chi connectivity index (χ0v) is 25.1. The van der Waals surface area contributed by atoms with Crippen LogP contribution in [0.1, 0.15) is 0 Å². The largest absolute Gasteiger partial charge is 0.309 e. The summed E-state index contributed by atoms with van der Waals surface area (Å²) in [6, 6.07) is 50.7. The summed E-state index contributed by atoms with van der Waals surface area (Å²) in [5, 5.41) is 5.67. The average molecular weight is 568 g/mol. The third kappa shape index (κ3) is 3.44. The van der Waals surface area contributed by atoms with E-state index < -0.39 is 8.07 Å². The van der Waals surface area contributed by atoms with Gasteiger partial charge in [0.2, 0.25) is 0 Å². The van der Waals surface area contributed by atoms with Crippen molar-refractivity contribution in [2.45, 2.75) is 13.1 Å². The molecule has 4 heteroatoms. The second-order valence-corrected chi connectivity index (χ2v) is 16.4. The first-order chi connectivity index (χ1) is 21.1. The predicted octanol–water partition coefficient (Wildman–Crippen LogP) is 8.59. The number of aromatic nitrogens is 3. The fraction of sp³-hybridized carbons (Fsp3) is 0.0513. The van der Waals surface area contributed by atoms with Crippen molar-refractivity contribution in [2.24, 2.45) is 0 Å². The lowest BCUT2D eigenvalue weighted by Crippen LogP contribution is -2.49. The molecule has 0 radical (unpaired) electrons. The van der Waals surface area contributed by atoms with Crippen LogP contribution in [0, 0.1) is 0 Å². The van der Waals surface area contributed by atoms with E-state index in [4.69, 9.17) is 4.98 Å². The van der Waals surface area contributed by atoms with Gasteiger partial charge in [-0.25, -0.2) is 4.98 Å². The molecule has 0 atom stereocenters. The normalized spacial score (nSPS) is 13.5. The molecule has 6 aromatic carbocycles. The molecule has 0 saturated carbocycles. The van der Waals surface area contributed by atoms with Gasteiger partial charge in [-0.15, -0.1) is 0 Å². The molecule has 0 amide bonds. The lowest BCUT2D eigenvalue weighted by molar-refractivity contribution is 1.09. The summed E-state index contributed by atoms with van der Waals surface area (Å²) in [6.07, 6.45) is 0. The number of imidazole rings is 1. The molecule has 0 spiro atoms. The Kier molecular flexibility index (Phi) is 5.05. The van der Waals surface area contributed by atoms with E-state index in [1.165, 1.54) is 38.1 Å². The van der Waals surface area contributed by atoms with Crippen LogP contribution in [0.4, 0.5) is 0 Å². The molecule has 8 aromatic rings. The zero-order valence-electron chi connectivity index (χ0n) is 24.1. The molecular formula is C39H29N3Si. The number of fused-ring (bicyclic) bond motifs is 7. The first kappa shape index (κ1) is 24.4. The molecule has 1 aliphatic rings. The van der Waals surface area contributed by atoms with E-state index in [0.29, 0.717) is 0 Å². The zero-order chi connectivity index (χ0) is 28.7. The summed E-state index contributed by atoms with van der Waals surface area (Å²) in [5.41, 5.74) is 10.8. The molecule has 2 aromatic heterocycles. The molecule has 0 saturated heterocycles. The summed E-state index contributed by atoms with van der Waals surface area (Å²) >= 11 is 0. The van der Waals surface area contributed by atoms with E-state index >= 15 is 0 Å². The van der Waals surface area contributed by atoms with Crippen LogP contribution in [0.5, 0.6) is 0 Å². The van der Waals surface area contributed by atoms with Crippen molar-refractivity contribution in [1.29, 1.82) is 0 Å². The molecule has 0 unspecified atom stereocenters. The highest BCUT2D eigenvalue weighted by Gasteiger charge is 2.38. The molecule has 1 aliphatic heterocycles. The Balaban J connectivity index is 1.25. The number of para-hydroxylation sites is 3. The summed E-state index contributed by atoms with van der Waals surface area (Å²) in [4.78, 5) is 5.04. The molecule has 43 heavy (non-hydrogen) atoms. The van der Waals surface area contributed by atoms with Crippen molar-refractivity contribution in [3.63, 3.8) is 0 Å². The predicted molar refractivity (Wildman–Crippen MR) is 183 cm³/mol. The van der Waals surface area contributed by atoms with Gasteiger partial charge < -0.3 is 4.57 Å². The smallest absolute Gasteiger partial charge is 0.145 e. The molecule has 0 N–H and O–H groups in total. The topological polar surface area (TPSA) is 22.8 Å². The molecule has 9 rings (SSSR count). The summed E-state index contributed by atoms with van der Waals surface area (Å²) in [7, 11) is -1.81. The number of rotatable bonds is 3. The van der Waals surface area contributed by atoms with Crippen LogP contribution >= 0.6 is 0 Å². The molecule has 0 bridgehead atoms. The Bertz CT molecular complexity index is 2360. The molecular weight excluding hydrogens is 539 g/mol. The summed E-state index contributed by atoms with van der Waals surface area (Å²) in [5.74, 6) is 0.953. The fourth-order valence-electron chi connectivity index (χ4n) is 7.26. The van der Waals surface area contributed by atoms with Crippen molar-refractivity contribution in [1.82, 2.24) is 14.1 Å². The average Bonchev–Trinajstić information content (AvgIpc) is 3.67. The van der Waals surface area contributed by atoms with Crippen molar-refractivity contribution >= 4 is 51.3 Å². The highest BCUT2D eigenvalue weighted by Crippen LogP contribution is 2.38. The van der Waals surface area contributed by atoms with Gasteiger partial charge in [-0.2, -0.15) is 0 Å². The van der Waals surface area contributed by atoms with Gasteiger partial charge in [0.1, 0.15) is 13.9 Å². The van der Waals surface area contributed by atoms with Crippen molar-refractivity contribution in [2.75, 3.05) is 0 Å². The SMILES string of the molecule is C[Si]1(C)c2ccccc2-c2cc3c4ccccc4n(-c4ccc(-n5c(-c6ccccc6)nc6ccccc65)cc4)c3cc21. The van der Waals surface area contributed by atoms with Crippen LogP contribution in [0.25, 0.3) is 66.7 Å². The second kappa shape index (κ2) is 8.90. The Morgan fingerprint density at radius 2 is 1.14 bits per heavy atom. The van der Waals surface area contributed by atoms with E-state index in [1.807, 2.05) is 0 Å². The molecule has 0 aliphatic carbocycles. The maximum absolute atomic E-state index is 5.04. The number of hydrogen-bond donors (Lipinski definition) is 0. The third-order valence-corrected chi connectivity index (χ3v) is 12.9. The maximum Gasteiger partial charge on any atom is 0.145 e. The third-order valence-electron chi connectivity index (χ3n) is 9.33. The van der Waals surface area contributed by atoms with Crippen molar-refractivity contribution in [3.05, 3.63) is 140 Å². The van der Waals surface area contributed by atoms with E-state index in [0.717, 1.165) is 33.8 Å². The Hall–Kier alpha value is -5.19. The lowest BCUT2D eigenvalue weighted by Gasteiger charge is -2.19. The molecule has 3 heterocycles. The van der Waals surface area contributed by atoms with Gasteiger partial charge in [-0.1, -0.05) is 98.0 Å². The van der Waals surface area contributed by atoms with Crippen molar-refractivity contribution < 1.29 is 0 Å². The van der Waals surface area contributed by atoms with Gasteiger partial charge >= 0.3 is 0 Å². The Morgan fingerprint density at radius 1 is 0.488 bits per heavy atom. The standard InChI is InChI=1S/C39H29N3Si/c1-43(2)37-19-11-7-15-30(37)32-24-31-29-14-6-9-17-34(29)41(36(31)25-38(32)43)27-20-22-28(23-21-27)42-35-18-10-8-16-33(35)40-39(42)26-12-4-3-5-13-26/h3-25H,1-2H3. The number of hydrogen-bond acceptors (Lipinski definition) is 1. The minimum Gasteiger partial charge on any atom is -0.309 e. The van der Waals surface area contributed by atoms with Crippen LogP contribution in [0.15, 0.2) is 140 Å². The van der Waals surface area contributed by atoms with Crippen LogP contribution in [-0.4, -0.2) is 22.2 Å². The fourth-order valence-corrected chi connectivity index (χ4v) is 10.3. The van der Waals surface area contributed by atoms with E-state index in [-0.39, 0.29) is 0 Å². The van der Waals surface area contributed by atoms with Gasteiger partial charge in [0, 0.05) is 27.7 Å². The minimum absolute atomic E-state index is 0.953. The van der Waals surface area contributed by atoms with Crippen LogP contribution < -0.4 is 10.4 Å². The van der Waals surface area contributed by atoms with E-state index in [9.17, 15) is 0 Å². The first-order valence-corrected chi connectivity index (χ1v) is 17.9. The van der Waals surface area contributed by atoms with Crippen molar-refractivity contribution in [3.8, 4) is 33.9 Å².